The van der Waals surface area contributed by atoms with Crippen molar-refractivity contribution in [3.8, 4) is 6.07 Å². The molecular weight excluding hydrogens is 513 g/mol. The number of carbonyl (C=O) groups excluding carboxylic acids is 2. The summed E-state index contributed by atoms with van der Waals surface area (Å²) >= 11 is 0. The number of aromatic amines is 1. The van der Waals surface area contributed by atoms with E-state index in [4.69, 9.17) is 0 Å². The molecule has 2 amide bonds. The van der Waals surface area contributed by atoms with Crippen molar-refractivity contribution in [2.45, 2.75) is 52.7 Å². The van der Waals surface area contributed by atoms with Gasteiger partial charge in [0.05, 0.1) is 18.0 Å². The van der Waals surface area contributed by atoms with Crippen LogP contribution in [0.25, 0.3) is 10.8 Å². The lowest BCUT2D eigenvalue weighted by molar-refractivity contribution is -0.142. The molecule has 11 heteroatoms. The first kappa shape index (κ1) is 27.2. The van der Waals surface area contributed by atoms with Gasteiger partial charge in [0.15, 0.2) is 11.9 Å². The van der Waals surface area contributed by atoms with Crippen LogP contribution in [0.4, 0.5) is 10.1 Å². The quantitative estimate of drug-likeness (QED) is 0.432. The summed E-state index contributed by atoms with van der Waals surface area (Å²) in [6, 6.07) is 7.68. The molecule has 3 heterocycles. The molecule has 2 aromatic heterocycles. The number of H-pyrrole nitrogens is 1. The number of fused-ring (bicyclic) bond motifs is 2. The van der Waals surface area contributed by atoms with Gasteiger partial charge in [-0.05, 0) is 22.7 Å². The van der Waals surface area contributed by atoms with Gasteiger partial charge < -0.3 is 20.5 Å². The van der Waals surface area contributed by atoms with E-state index >= 15 is 0 Å². The molecule has 5 atom stereocenters. The number of rotatable bonds is 6. The molecule has 1 unspecified atom stereocenters. The molecule has 0 radical (unpaired) electrons. The fourth-order valence-electron chi connectivity index (χ4n) is 6.00. The Balaban J connectivity index is 1.45. The minimum absolute atomic E-state index is 0.0956. The number of piperidine rings is 1. The Morgan fingerprint density at radius 1 is 1.27 bits per heavy atom. The molecule has 2 fully saturated rings. The molecule has 0 bridgehead atoms. The highest BCUT2D eigenvalue weighted by Crippen LogP contribution is 2.65. The summed E-state index contributed by atoms with van der Waals surface area (Å²) in [6.07, 6.45) is 2.53. The maximum atomic E-state index is 14.5. The molecule has 2 aliphatic rings. The second-order valence-corrected chi connectivity index (χ2v) is 12.3. The molecule has 1 aliphatic carbocycles. The van der Waals surface area contributed by atoms with Crippen molar-refractivity contribution in [3.05, 3.63) is 64.6 Å². The monoisotopic (exact) mass is 545 g/mol. The first-order valence-corrected chi connectivity index (χ1v) is 13.2. The van der Waals surface area contributed by atoms with E-state index in [1.807, 2.05) is 45.0 Å². The molecule has 40 heavy (non-hydrogen) atoms. The molecule has 1 aromatic carbocycles. The summed E-state index contributed by atoms with van der Waals surface area (Å²) in [6.45, 7) is 9.96. The number of nitrogens with zero attached hydrogens (tertiary/aromatic N) is 4. The van der Waals surface area contributed by atoms with Crippen molar-refractivity contribution in [3.63, 3.8) is 0 Å². The largest absolute Gasteiger partial charge is 0.371 e. The number of carbonyl (C=O) groups is 2. The van der Waals surface area contributed by atoms with E-state index < -0.39 is 40.8 Å². The molecule has 1 saturated heterocycles. The summed E-state index contributed by atoms with van der Waals surface area (Å²) in [5.74, 6) is -1.54. The molecule has 1 saturated carbocycles. The van der Waals surface area contributed by atoms with Crippen LogP contribution in [0, 0.1) is 39.8 Å². The lowest BCUT2D eigenvalue weighted by Gasteiger charge is -2.38. The summed E-state index contributed by atoms with van der Waals surface area (Å²) < 4.78 is 14.5. The van der Waals surface area contributed by atoms with Crippen molar-refractivity contribution in [2.75, 3.05) is 11.9 Å². The zero-order valence-corrected chi connectivity index (χ0v) is 23.0. The lowest BCUT2D eigenvalue weighted by Crippen LogP contribution is -2.56. The van der Waals surface area contributed by atoms with Gasteiger partial charge in [-0.2, -0.15) is 15.5 Å². The van der Waals surface area contributed by atoms with Gasteiger partial charge in [-0.1, -0.05) is 58.9 Å². The second-order valence-electron chi connectivity index (χ2n) is 12.3. The van der Waals surface area contributed by atoms with Crippen molar-refractivity contribution in [1.29, 1.82) is 5.26 Å². The van der Waals surface area contributed by atoms with Gasteiger partial charge in [0.2, 0.25) is 17.4 Å². The Bertz CT molecular complexity index is 1580. The van der Waals surface area contributed by atoms with Crippen LogP contribution in [-0.4, -0.2) is 50.5 Å². The Morgan fingerprint density at radius 2 is 2.00 bits per heavy atom. The first-order chi connectivity index (χ1) is 18.8. The fourth-order valence-corrected chi connectivity index (χ4v) is 6.00. The maximum absolute atomic E-state index is 14.5. The number of hydrogen-bond donors (Lipinski definition) is 3. The van der Waals surface area contributed by atoms with Gasteiger partial charge in [0, 0.05) is 29.6 Å². The zero-order chi connectivity index (χ0) is 29.0. The SMILES string of the molecule is CC(C)(C)[C@H](Nc1cc(=O)[nH]cc1F)C(=O)N1C[C@H]2[C@@H]([C@H]1C(=O)NC(C#N)c1nncc3ccccc13)C2(C)C. The third-order valence-corrected chi connectivity index (χ3v) is 8.34. The molecule has 208 valence electrons. The van der Waals surface area contributed by atoms with Crippen LogP contribution >= 0.6 is 0 Å². The number of anilines is 1. The van der Waals surface area contributed by atoms with Gasteiger partial charge in [-0.25, -0.2) is 4.39 Å². The average molecular weight is 546 g/mol. The van der Waals surface area contributed by atoms with E-state index in [1.54, 1.807) is 6.20 Å². The standard InChI is InChI=1S/C29H32FN7O3/c1-28(2,3)25(34-19-10-21(38)32-13-18(19)30)27(40)37-14-17-22(29(17,4)5)24(37)26(39)35-20(11-31)23-16-9-7-6-8-15(16)12-33-36-23/h6-10,12-13,17,20,22,24-25H,14H2,1-5H3,(H,35,39)(H2,32,34,38)/t17-,20?,22-,24-,25+/m0/s1. The molecular formula is C29H32FN7O3. The predicted octanol–water partition coefficient (Wildman–Crippen LogP) is 3.15. The number of nitriles is 1. The second kappa shape index (κ2) is 9.70. The zero-order valence-electron chi connectivity index (χ0n) is 23.0. The number of hydrogen-bond acceptors (Lipinski definition) is 7. The normalized spacial score (nSPS) is 22.6. The Kier molecular flexibility index (Phi) is 6.60. The minimum Gasteiger partial charge on any atom is -0.371 e. The number of halogens is 1. The third kappa shape index (κ3) is 4.68. The van der Waals surface area contributed by atoms with Gasteiger partial charge in [0.1, 0.15) is 17.8 Å². The molecule has 3 N–H and O–H groups in total. The summed E-state index contributed by atoms with van der Waals surface area (Å²) in [4.78, 5) is 43.6. The smallest absolute Gasteiger partial charge is 0.250 e. The molecule has 1 aliphatic heterocycles. The van der Waals surface area contributed by atoms with Crippen LogP contribution in [0.15, 0.2) is 47.5 Å². The maximum Gasteiger partial charge on any atom is 0.250 e. The number of pyridine rings is 1. The van der Waals surface area contributed by atoms with E-state index in [9.17, 15) is 24.0 Å². The number of benzene rings is 1. The van der Waals surface area contributed by atoms with Crippen LogP contribution in [0.2, 0.25) is 0 Å². The minimum atomic E-state index is -1.08. The summed E-state index contributed by atoms with van der Waals surface area (Å²) in [5.41, 5.74) is -1.13. The van der Waals surface area contributed by atoms with E-state index in [-0.39, 0.29) is 28.8 Å². The van der Waals surface area contributed by atoms with Gasteiger partial charge in [-0.15, -0.1) is 0 Å². The van der Waals surface area contributed by atoms with Crippen molar-refractivity contribution in [1.82, 2.24) is 25.4 Å². The van der Waals surface area contributed by atoms with E-state index in [1.165, 1.54) is 4.90 Å². The number of aromatic nitrogens is 3. The van der Waals surface area contributed by atoms with Crippen LogP contribution in [0.1, 0.15) is 46.4 Å². The Morgan fingerprint density at radius 3 is 2.70 bits per heavy atom. The van der Waals surface area contributed by atoms with E-state index in [0.717, 1.165) is 17.6 Å². The molecule has 0 spiro atoms. The Labute approximate surface area is 231 Å². The highest BCUT2D eigenvalue weighted by molar-refractivity contribution is 5.94. The molecule has 3 aromatic rings. The number of nitrogens with one attached hydrogen (secondary N) is 3. The third-order valence-electron chi connectivity index (χ3n) is 8.34. The van der Waals surface area contributed by atoms with Crippen LogP contribution in [0.5, 0.6) is 0 Å². The number of amides is 2. The van der Waals surface area contributed by atoms with Crippen molar-refractivity contribution in [2.24, 2.45) is 22.7 Å². The highest BCUT2D eigenvalue weighted by atomic mass is 19.1. The van der Waals surface area contributed by atoms with Crippen molar-refractivity contribution >= 4 is 28.3 Å². The average Bonchev–Trinajstić information content (AvgIpc) is 3.23. The van der Waals surface area contributed by atoms with E-state index in [2.05, 4.69) is 45.7 Å². The van der Waals surface area contributed by atoms with Gasteiger partial charge in [0.25, 0.3) is 0 Å². The summed E-state index contributed by atoms with van der Waals surface area (Å²) in [7, 11) is 0. The van der Waals surface area contributed by atoms with Gasteiger partial charge >= 0.3 is 0 Å². The first-order valence-electron chi connectivity index (χ1n) is 13.2. The molecule has 5 rings (SSSR count). The van der Waals surface area contributed by atoms with Crippen molar-refractivity contribution < 1.29 is 14.0 Å². The van der Waals surface area contributed by atoms with E-state index in [0.29, 0.717) is 17.6 Å². The fraction of sp³-hybridized carbons (Fsp3) is 0.448. The van der Waals surface area contributed by atoms with Crippen LogP contribution in [-0.2, 0) is 9.59 Å². The van der Waals surface area contributed by atoms with Gasteiger partial charge in [-0.3, -0.25) is 14.4 Å². The number of likely N-dealkylation sites (tertiary alicyclic amines) is 1. The molecule has 10 nitrogen and oxygen atoms in total. The Hall–Kier alpha value is -4.33. The van der Waals surface area contributed by atoms with Crippen LogP contribution in [0.3, 0.4) is 0 Å². The lowest BCUT2D eigenvalue weighted by atomic mass is 9.85. The highest BCUT2D eigenvalue weighted by Gasteiger charge is 2.69. The summed E-state index contributed by atoms with van der Waals surface area (Å²) in [5, 5.41) is 25.4. The predicted molar refractivity (Wildman–Crippen MR) is 146 cm³/mol. The topological polar surface area (TPSA) is 144 Å². The van der Waals surface area contributed by atoms with Crippen LogP contribution < -0.4 is 16.2 Å².